The van der Waals surface area contributed by atoms with Crippen molar-refractivity contribution in [3.63, 3.8) is 0 Å². The minimum Gasteiger partial charge on any atom is -0.424 e. The summed E-state index contributed by atoms with van der Waals surface area (Å²) >= 11 is 0. The number of esters is 1. The molecule has 0 atom stereocenters. The first-order valence-corrected chi connectivity index (χ1v) is 13.2. The first-order chi connectivity index (χ1) is 20.2. The van der Waals surface area contributed by atoms with Crippen LogP contribution < -0.4 is 10.6 Å². The van der Waals surface area contributed by atoms with Gasteiger partial charge in [-0.3, -0.25) is 20.0 Å². The van der Waals surface area contributed by atoms with Crippen molar-refractivity contribution in [3.8, 4) is 0 Å². The van der Waals surface area contributed by atoms with Crippen LogP contribution in [0.15, 0.2) is 53.9 Å². The summed E-state index contributed by atoms with van der Waals surface area (Å²) in [6.45, 7) is 5.22. The number of carbonyl (C=O) groups is 4. The number of hydrogen-bond acceptors (Lipinski definition) is 8. The molecule has 0 aliphatic heterocycles. The average Bonchev–Trinajstić information content (AvgIpc) is 3.74. The molecule has 0 unspecified atom stereocenters. The highest BCUT2D eigenvalue weighted by molar-refractivity contribution is 6.13. The van der Waals surface area contributed by atoms with Gasteiger partial charge in [0.05, 0.1) is 16.8 Å². The lowest BCUT2D eigenvalue weighted by molar-refractivity contribution is -0.0111. The van der Waals surface area contributed by atoms with Crippen LogP contribution in [0.3, 0.4) is 0 Å². The number of amidine groups is 1. The molecule has 1 aliphatic rings. The van der Waals surface area contributed by atoms with Crippen molar-refractivity contribution in [2.75, 3.05) is 18.7 Å². The lowest BCUT2D eigenvalue weighted by Gasteiger charge is -2.21. The molecule has 1 fully saturated rings. The number of aromatic amines is 1. The average molecular weight is 574 g/mol. The molecule has 1 aliphatic carbocycles. The number of amides is 3. The zero-order valence-electron chi connectivity index (χ0n) is 23.4. The van der Waals surface area contributed by atoms with Gasteiger partial charge in [0.15, 0.2) is 5.84 Å². The third-order valence-corrected chi connectivity index (χ3v) is 6.49. The molecule has 1 aromatic carbocycles. The van der Waals surface area contributed by atoms with Crippen molar-refractivity contribution in [1.29, 1.82) is 5.41 Å². The molecule has 4 rings (SSSR count). The minimum absolute atomic E-state index is 0.198. The Kier molecular flexibility index (Phi) is 9.42. The lowest BCUT2D eigenvalue weighted by atomic mass is 10.1. The van der Waals surface area contributed by atoms with E-state index >= 15 is 0 Å². The number of nitrogens with zero attached hydrogens (tertiary/aromatic N) is 3. The van der Waals surface area contributed by atoms with Crippen LogP contribution >= 0.6 is 0 Å². The van der Waals surface area contributed by atoms with Gasteiger partial charge in [0.1, 0.15) is 6.34 Å². The van der Waals surface area contributed by atoms with Gasteiger partial charge in [-0.1, -0.05) is 6.07 Å². The fourth-order valence-electron chi connectivity index (χ4n) is 4.11. The highest BCUT2D eigenvalue weighted by Crippen LogP contribution is 2.30. The number of imide groups is 1. The number of nitrogens with one attached hydrogen (secondary N) is 4. The quantitative estimate of drug-likeness (QED) is 0.122. The minimum atomic E-state index is -0.928. The molecule has 0 spiro atoms. The van der Waals surface area contributed by atoms with E-state index in [2.05, 4.69) is 25.6 Å². The summed E-state index contributed by atoms with van der Waals surface area (Å²) in [5, 5.41) is 13.4. The number of ether oxygens (including phenoxy) is 2. The zero-order valence-corrected chi connectivity index (χ0v) is 23.4. The van der Waals surface area contributed by atoms with E-state index in [9.17, 15) is 19.2 Å². The maximum absolute atomic E-state index is 13.5. The van der Waals surface area contributed by atoms with Gasteiger partial charge >= 0.3 is 12.1 Å². The molecule has 0 saturated heterocycles. The van der Waals surface area contributed by atoms with E-state index in [0.717, 1.165) is 16.8 Å². The van der Waals surface area contributed by atoms with E-state index in [1.54, 1.807) is 37.4 Å². The second-order valence-electron chi connectivity index (χ2n) is 9.43. The Morgan fingerprint density at radius 1 is 1.17 bits per heavy atom. The number of benzene rings is 1. The van der Waals surface area contributed by atoms with Gasteiger partial charge in [-0.15, -0.1) is 0 Å². The van der Waals surface area contributed by atoms with E-state index in [0.29, 0.717) is 41.9 Å². The van der Waals surface area contributed by atoms with Crippen LogP contribution in [0.1, 0.15) is 67.7 Å². The van der Waals surface area contributed by atoms with Gasteiger partial charge in [-0.25, -0.2) is 19.5 Å². The molecular weight excluding hydrogens is 542 g/mol. The molecule has 3 amide bonds. The van der Waals surface area contributed by atoms with Gasteiger partial charge in [-0.05, 0) is 69.0 Å². The number of rotatable bonds is 10. The number of aryl methyl sites for hydroxylation is 1. The lowest BCUT2D eigenvalue weighted by Crippen LogP contribution is -2.39. The summed E-state index contributed by atoms with van der Waals surface area (Å²) in [5.74, 6) is -1.27. The fourth-order valence-corrected chi connectivity index (χ4v) is 4.11. The van der Waals surface area contributed by atoms with Crippen molar-refractivity contribution in [1.82, 2.24) is 20.2 Å². The first-order valence-electron chi connectivity index (χ1n) is 13.2. The van der Waals surface area contributed by atoms with Crippen LogP contribution in [-0.2, 0) is 9.47 Å². The first kappa shape index (κ1) is 29.6. The van der Waals surface area contributed by atoms with E-state index in [4.69, 9.17) is 14.9 Å². The predicted molar refractivity (Wildman–Crippen MR) is 154 cm³/mol. The van der Waals surface area contributed by atoms with Gasteiger partial charge in [0.2, 0.25) is 6.79 Å². The van der Waals surface area contributed by atoms with E-state index in [1.807, 2.05) is 13.8 Å². The molecule has 0 bridgehead atoms. The Bertz CT molecular complexity index is 1530. The molecule has 0 radical (unpaired) electrons. The van der Waals surface area contributed by atoms with Crippen LogP contribution in [0.2, 0.25) is 0 Å². The third kappa shape index (κ3) is 6.86. The highest BCUT2D eigenvalue weighted by Gasteiger charge is 2.39. The Balaban J connectivity index is 1.49. The Morgan fingerprint density at radius 2 is 1.95 bits per heavy atom. The van der Waals surface area contributed by atoms with Crippen LogP contribution in [0.4, 0.5) is 10.5 Å². The number of H-pyrrole nitrogens is 1. The van der Waals surface area contributed by atoms with E-state index in [-0.39, 0.29) is 28.9 Å². The number of aliphatic imine (C=N–C) groups is 1. The smallest absolute Gasteiger partial charge is 0.419 e. The Morgan fingerprint density at radius 3 is 2.62 bits per heavy atom. The molecule has 3 aromatic rings. The molecule has 2 heterocycles. The highest BCUT2D eigenvalue weighted by atomic mass is 16.7. The molecule has 1 saturated carbocycles. The summed E-state index contributed by atoms with van der Waals surface area (Å²) in [6, 6.07) is 7.63. The monoisotopic (exact) mass is 573 g/mol. The van der Waals surface area contributed by atoms with Crippen molar-refractivity contribution < 1.29 is 28.7 Å². The number of anilines is 1. The second-order valence-corrected chi connectivity index (χ2v) is 9.43. The SMILES string of the molecule is CCNC(=O)c1c[nH]c(/C(=N\C=N)Nc2cc(C(=O)N(C(=O)OCOC(=O)c3cccnc3)C3CC3)ccc2C)c1C. The fraction of sp³-hybridized carbons (Fsp3) is 0.276. The Labute approximate surface area is 241 Å². The second kappa shape index (κ2) is 13.4. The summed E-state index contributed by atoms with van der Waals surface area (Å²) < 4.78 is 10.1. The van der Waals surface area contributed by atoms with Crippen LogP contribution in [0.5, 0.6) is 0 Å². The molecular formula is C29H31N7O6. The predicted octanol–water partition coefficient (Wildman–Crippen LogP) is 3.80. The number of aromatic nitrogens is 2. The zero-order chi connectivity index (χ0) is 30.2. The largest absolute Gasteiger partial charge is 0.424 e. The van der Waals surface area contributed by atoms with Crippen molar-refractivity contribution in [2.24, 2.45) is 4.99 Å². The summed E-state index contributed by atoms with van der Waals surface area (Å²) in [4.78, 5) is 62.9. The number of pyridine rings is 1. The molecule has 13 nitrogen and oxygen atoms in total. The standard InChI is InChI=1S/C29H31N7O6/c1-4-32-26(37)22-14-33-24(18(22)3)25(34-15-30)35-23-12-19(8-7-17(23)2)27(38)36(21-9-10-21)29(40)42-16-41-28(39)20-6-5-11-31-13-20/h5-8,11-15,21,33H,4,9-10,16H2,1-3H3,(H,32,37)(H2,30,34,35). The van der Waals surface area contributed by atoms with Gasteiger partial charge in [0, 0.05) is 42.4 Å². The summed E-state index contributed by atoms with van der Waals surface area (Å²) in [7, 11) is 0. The summed E-state index contributed by atoms with van der Waals surface area (Å²) in [6.07, 6.45) is 5.59. The molecule has 218 valence electrons. The number of hydrogen-bond donors (Lipinski definition) is 4. The molecule has 4 N–H and O–H groups in total. The maximum atomic E-state index is 13.5. The number of carbonyl (C=O) groups excluding carboxylic acids is 4. The molecule has 2 aromatic heterocycles. The van der Waals surface area contributed by atoms with Gasteiger partial charge in [0.25, 0.3) is 11.8 Å². The third-order valence-electron chi connectivity index (χ3n) is 6.49. The van der Waals surface area contributed by atoms with E-state index < -0.39 is 24.8 Å². The van der Waals surface area contributed by atoms with Crippen molar-refractivity contribution >= 4 is 41.7 Å². The van der Waals surface area contributed by atoms with Gasteiger partial charge < -0.3 is 25.1 Å². The van der Waals surface area contributed by atoms with Crippen LogP contribution in [-0.4, -0.2) is 70.3 Å². The normalized spacial score (nSPS) is 12.7. The van der Waals surface area contributed by atoms with Crippen molar-refractivity contribution in [3.05, 3.63) is 82.4 Å². The van der Waals surface area contributed by atoms with Crippen molar-refractivity contribution in [2.45, 2.75) is 39.7 Å². The van der Waals surface area contributed by atoms with Crippen LogP contribution in [0.25, 0.3) is 0 Å². The maximum Gasteiger partial charge on any atom is 0.419 e. The van der Waals surface area contributed by atoms with E-state index in [1.165, 1.54) is 18.5 Å². The Hall–Kier alpha value is -5.33. The molecule has 13 heteroatoms. The molecule has 42 heavy (non-hydrogen) atoms. The summed E-state index contributed by atoms with van der Waals surface area (Å²) in [5.41, 5.74) is 3.25. The topological polar surface area (TPSA) is 179 Å². The van der Waals surface area contributed by atoms with Crippen LogP contribution in [0, 0.1) is 19.3 Å². The van der Waals surface area contributed by atoms with Gasteiger partial charge in [-0.2, -0.15) is 0 Å².